The van der Waals surface area contributed by atoms with Crippen molar-refractivity contribution in [2.24, 2.45) is 0 Å². The van der Waals surface area contributed by atoms with Crippen molar-refractivity contribution in [1.82, 2.24) is 0 Å². The molecule has 0 saturated carbocycles. The number of fused-ring (bicyclic) bond motifs is 3. The second-order valence-electron chi connectivity index (χ2n) is 8.41. The minimum absolute atomic E-state index is 0.0580. The molecule has 5 rings (SSSR count). The maximum atomic E-state index is 12.9. The van der Waals surface area contributed by atoms with E-state index < -0.39 is 0 Å². The van der Waals surface area contributed by atoms with Gasteiger partial charge in [-0.3, -0.25) is 4.79 Å². The summed E-state index contributed by atoms with van der Waals surface area (Å²) in [6.45, 7) is 4.56. The number of halogens is 1. The Hall–Kier alpha value is -3.17. The Labute approximate surface area is 191 Å². The van der Waals surface area contributed by atoms with Crippen LogP contribution in [0, 0.1) is 0 Å². The summed E-state index contributed by atoms with van der Waals surface area (Å²) < 4.78 is 0.950. The lowest BCUT2D eigenvalue weighted by Gasteiger charge is -2.22. The van der Waals surface area contributed by atoms with Crippen LogP contribution in [-0.2, 0) is 5.41 Å². The Morgan fingerprint density at radius 3 is 2.10 bits per heavy atom. The summed E-state index contributed by atoms with van der Waals surface area (Å²) in [5.41, 5.74) is 8.74. The van der Waals surface area contributed by atoms with Crippen molar-refractivity contribution in [2.45, 2.75) is 19.3 Å². The first kappa shape index (κ1) is 19.8. The molecule has 31 heavy (non-hydrogen) atoms. The fraction of sp³-hybridized carbons (Fsp3) is 0.107. The molecule has 152 valence electrons. The predicted molar refractivity (Wildman–Crippen MR) is 132 cm³/mol. The first-order valence-electron chi connectivity index (χ1n) is 10.4. The number of hydrogen-bond donors (Lipinski definition) is 1. The summed E-state index contributed by atoms with van der Waals surface area (Å²) in [6, 6.07) is 30.6. The molecule has 0 aliphatic heterocycles. The fourth-order valence-electron chi connectivity index (χ4n) is 4.60. The van der Waals surface area contributed by atoms with E-state index in [1.807, 2.05) is 42.5 Å². The van der Waals surface area contributed by atoms with Gasteiger partial charge >= 0.3 is 0 Å². The number of carbonyl (C=O) groups is 1. The van der Waals surface area contributed by atoms with Gasteiger partial charge in [0.15, 0.2) is 0 Å². The minimum Gasteiger partial charge on any atom is -0.321 e. The van der Waals surface area contributed by atoms with Crippen molar-refractivity contribution >= 4 is 27.5 Å². The molecule has 0 atom stereocenters. The van der Waals surface area contributed by atoms with Crippen LogP contribution < -0.4 is 5.32 Å². The van der Waals surface area contributed by atoms with Gasteiger partial charge in [0, 0.05) is 26.7 Å². The van der Waals surface area contributed by atoms with Crippen LogP contribution in [0.5, 0.6) is 0 Å². The molecule has 0 spiro atoms. The van der Waals surface area contributed by atoms with Gasteiger partial charge in [0.05, 0.1) is 0 Å². The SMILES string of the molecule is CC1(C)c2ccccc2-c2c(-c3ccccc3NC(=O)c3ccc(Br)cc3)cccc21. The highest BCUT2D eigenvalue weighted by atomic mass is 79.9. The first-order valence-corrected chi connectivity index (χ1v) is 11.2. The molecule has 0 fully saturated rings. The van der Waals surface area contributed by atoms with Crippen LogP contribution in [0.25, 0.3) is 22.3 Å². The molecule has 0 heterocycles. The van der Waals surface area contributed by atoms with Crippen molar-refractivity contribution < 1.29 is 4.79 Å². The van der Waals surface area contributed by atoms with E-state index in [1.165, 1.54) is 22.3 Å². The highest BCUT2D eigenvalue weighted by Gasteiger charge is 2.36. The van der Waals surface area contributed by atoms with E-state index in [0.29, 0.717) is 5.56 Å². The molecule has 0 bridgehead atoms. The molecule has 0 aromatic heterocycles. The summed E-state index contributed by atoms with van der Waals surface area (Å²) in [6.07, 6.45) is 0. The second-order valence-corrected chi connectivity index (χ2v) is 9.32. The van der Waals surface area contributed by atoms with Gasteiger partial charge in [-0.15, -0.1) is 0 Å². The zero-order valence-corrected chi connectivity index (χ0v) is 19.0. The van der Waals surface area contributed by atoms with Gasteiger partial charge in [-0.05, 0) is 58.1 Å². The lowest BCUT2D eigenvalue weighted by Crippen LogP contribution is -2.15. The Kier molecular flexibility index (Phi) is 4.79. The van der Waals surface area contributed by atoms with E-state index in [4.69, 9.17) is 0 Å². The number of nitrogens with one attached hydrogen (secondary N) is 1. The molecule has 0 radical (unpaired) electrons. The van der Waals surface area contributed by atoms with E-state index in [-0.39, 0.29) is 11.3 Å². The summed E-state index contributed by atoms with van der Waals surface area (Å²) in [5, 5.41) is 3.13. The van der Waals surface area contributed by atoms with E-state index in [9.17, 15) is 4.79 Å². The zero-order valence-electron chi connectivity index (χ0n) is 17.4. The Balaban J connectivity index is 1.63. The first-order chi connectivity index (χ1) is 15.0. The molecule has 1 amide bonds. The van der Waals surface area contributed by atoms with Crippen molar-refractivity contribution in [2.75, 3.05) is 5.32 Å². The summed E-state index contributed by atoms with van der Waals surface area (Å²) >= 11 is 3.42. The maximum absolute atomic E-state index is 12.9. The lowest BCUT2D eigenvalue weighted by atomic mass is 9.82. The molecule has 4 aromatic rings. The molecule has 3 heteroatoms. The van der Waals surface area contributed by atoms with Crippen LogP contribution in [0.1, 0.15) is 35.3 Å². The molecule has 0 saturated heterocycles. The highest BCUT2D eigenvalue weighted by molar-refractivity contribution is 9.10. The van der Waals surface area contributed by atoms with Crippen molar-refractivity contribution in [3.05, 3.63) is 112 Å². The standard InChI is InChI=1S/C28H22BrNO/c1-28(2)23-11-5-3-9-22(23)26-21(10-7-12-24(26)28)20-8-4-6-13-25(20)30-27(31)18-14-16-19(29)17-15-18/h3-17H,1-2H3,(H,30,31). The third kappa shape index (κ3) is 3.30. The Bertz CT molecular complexity index is 1300. The molecule has 1 aliphatic carbocycles. The Morgan fingerprint density at radius 2 is 1.32 bits per heavy atom. The van der Waals surface area contributed by atoms with Gasteiger partial charge in [-0.2, -0.15) is 0 Å². The highest BCUT2D eigenvalue weighted by Crippen LogP contribution is 2.52. The maximum Gasteiger partial charge on any atom is 0.255 e. The van der Waals surface area contributed by atoms with Gasteiger partial charge in [0.1, 0.15) is 0 Å². The molecular weight excluding hydrogens is 446 g/mol. The largest absolute Gasteiger partial charge is 0.321 e. The lowest BCUT2D eigenvalue weighted by molar-refractivity contribution is 0.102. The van der Waals surface area contributed by atoms with Gasteiger partial charge in [0.2, 0.25) is 0 Å². The summed E-state index contributed by atoms with van der Waals surface area (Å²) in [4.78, 5) is 12.9. The number of hydrogen-bond acceptors (Lipinski definition) is 1. The zero-order chi connectivity index (χ0) is 21.6. The van der Waals surface area contributed by atoms with E-state index >= 15 is 0 Å². The third-order valence-corrected chi connectivity index (χ3v) is 6.71. The van der Waals surface area contributed by atoms with Crippen molar-refractivity contribution in [3.8, 4) is 22.3 Å². The minimum atomic E-state index is -0.117. The fourth-order valence-corrected chi connectivity index (χ4v) is 4.87. The molecule has 2 nitrogen and oxygen atoms in total. The van der Waals surface area contributed by atoms with Crippen LogP contribution in [-0.4, -0.2) is 5.91 Å². The van der Waals surface area contributed by atoms with Gasteiger partial charge in [-0.25, -0.2) is 0 Å². The van der Waals surface area contributed by atoms with Crippen LogP contribution in [0.4, 0.5) is 5.69 Å². The quantitative estimate of drug-likeness (QED) is 0.328. The molecule has 1 N–H and O–H groups in total. The molecule has 4 aromatic carbocycles. The van der Waals surface area contributed by atoms with E-state index in [2.05, 4.69) is 83.6 Å². The average molecular weight is 468 g/mol. The van der Waals surface area contributed by atoms with E-state index in [0.717, 1.165) is 21.3 Å². The third-order valence-electron chi connectivity index (χ3n) is 6.18. The Morgan fingerprint density at radius 1 is 0.710 bits per heavy atom. The number of anilines is 1. The number of benzene rings is 4. The number of carbonyl (C=O) groups excluding carboxylic acids is 1. The van der Waals surface area contributed by atoms with Crippen LogP contribution in [0.15, 0.2) is 95.5 Å². The second kappa shape index (κ2) is 7.51. The van der Waals surface area contributed by atoms with Crippen LogP contribution in [0.3, 0.4) is 0 Å². The molecular formula is C28H22BrNO. The summed E-state index contributed by atoms with van der Waals surface area (Å²) in [5.74, 6) is -0.117. The molecule has 1 aliphatic rings. The number of amides is 1. The molecule has 0 unspecified atom stereocenters. The van der Waals surface area contributed by atoms with Gasteiger partial charge in [-0.1, -0.05) is 90.4 Å². The van der Waals surface area contributed by atoms with Gasteiger partial charge in [0.25, 0.3) is 5.91 Å². The van der Waals surface area contributed by atoms with Crippen LogP contribution >= 0.6 is 15.9 Å². The van der Waals surface area contributed by atoms with Gasteiger partial charge < -0.3 is 5.32 Å². The van der Waals surface area contributed by atoms with Crippen LogP contribution in [0.2, 0.25) is 0 Å². The number of rotatable bonds is 3. The monoisotopic (exact) mass is 467 g/mol. The van der Waals surface area contributed by atoms with E-state index in [1.54, 1.807) is 0 Å². The smallest absolute Gasteiger partial charge is 0.255 e. The van der Waals surface area contributed by atoms with Crippen molar-refractivity contribution in [3.63, 3.8) is 0 Å². The van der Waals surface area contributed by atoms with Crippen molar-refractivity contribution in [1.29, 1.82) is 0 Å². The average Bonchev–Trinajstić information content (AvgIpc) is 3.02. The normalized spacial score (nSPS) is 13.4. The predicted octanol–water partition coefficient (Wildman–Crippen LogP) is 7.67. The summed E-state index contributed by atoms with van der Waals surface area (Å²) in [7, 11) is 0. The number of para-hydroxylation sites is 1. The topological polar surface area (TPSA) is 29.1 Å².